The third-order valence-corrected chi connectivity index (χ3v) is 3.49. The highest BCUT2D eigenvalue weighted by Gasteiger charge is 2.13. The lowest BCUT2D eigenvalue weighted by Crippen LogP contribution is -2.15. The molecule has 2 N–H and O–H groups in total. The van der Waals surface area contributed by atoms with Gasteiger partial charge >= 0.3 is 0 Å². The summed E-state index contributed by atoms with van der Waals surface area (Å²) in [5.41, 5.74) is 8.41. The van der Waals surface area contributed by atoms with Gasteiger partial charge in [-0.05, 0) is 36.2 Å². The smallest absolute Gasteiger partial charge is 0.160 e. The lowest BCUT2D eigenvalue weighted by Gasteiger charge is -2.17. The van der Waals surface area contributed by atoms with Crippen LogP contribution >= 0.6 is 12.4 Å². The first kappa shape index (κ1) is 17.3. The van der Waals surface area contributed by atoms with Crippen molar-refractivity contribution in [3.05, 3.63) is 59.7 Å². The summed E-state index contributed by atoms with van der Waals surface area (Å²) in [5, 5.41) is 0. The highest BCUT2D eigenvalue weighted by molar-refractivity contribution is 5.85. The molecule has 0 saturated carbocycles. The fraction of sp³-hybridized carbons (Fsp3) is 0.294. The number of benzene rings is 2. The van der Waals surface area contributed by atoms with E-state index in [4.69, 9.17) is 15.2 Å². The normalized spacial score (nSPS) is 11.4. The van der Waals surface area contributed by atoms with Gasteiger partial charge in [0.1, 0.15) is 0 Å². The van der Waals surface area contributed by atoms with Crippen molar-refractivity contribution >= 4 is 12.4 Å². The van der Waals surface area contributed by atoms with Crippen molar-refractivity contribution in [2.24, 2.45) is 5.73 Å². The highest BCUT2D eigenvalue weighted by Crippen LogP contribution is 2.31. The van der Waals surface area contributed by atoms with E-state index >= 15 is 0 Å². The van der Waals surface area contributed by atoms with Gasteiger partial charge in [0.05, 0.1) is 14.2 Å². The molecule has 0 aliphatic rings. The molecule has 0 saturated heterocycles. The van der Waals surface area contributed by atoms with Gasteiger partial charge in [-0.1, -0.05) is 36.4 Å². The predicted molar refractivity (Wildman–Crippen MR) is 88.7 cm³/mol. The Morgan fingerprint density at radius 1 is 0.952 bits per heavy atom. The lowest BCUT2D eigenvalue weighted by atomic mass is 9.92. The Morgan fingerprint density at radius 3 is 2.19 bits per heavy atom. The van der Waals surface area contributed by atoms with Gasteiger partial charge in [-0.3, -0.25) is 0 Å². The molecule has 2 aromatic rings. The molecule has 2 aromatic carbocycles. The summed E-state index contributed by atoms with van der Waals surface area (Å²) in [6, 6.07) is 16.4. The Morgan fingerprint density at radius 2 is 1.62 bits per heavy atom. The summed E-state index contributed by atoms with van der Waals surface area (Å²) in [5.74, 6) is 1.76. The zero-order chi connectivity index (χ0) is 14.4. The van der Waals surface area contributed by atoms with Crippen LogP contribution in [0.3, 0.4) is 0 Å². The maximum absolute atomic E-state index is 5.94. The minimum absolute atomic E-state index is 0. The van der Waals surface area contributed by atoms with Crippen LogP contribution in [0.5, 0.6) is 11.5 Å². The molecule has 1 atom stereocenters. The Labute approximate surface area is 132 Å². The van der Waals surface area contributed by atoms with Gasteiger partial charge in [-0.2, -0.15) is 0 Å². The van der Waals surface area contributed by atoms with E-state index in [-0.39, 0.29) is 18.3 Å². The number of rotatable bonds is 6. The lowest BCUT2D eigenvalue weighted by molar-refractivity contribution is 0.354. The van der Waals surface area contributed by atoms with Gasteiger partial charge in [-0.15, -0.1) is 12.4 Å². The van der Waals surface area contributed by atoms with E-state index in [2.05, 4.69) is 30.3 Å². The molecule has 4 heteroatoms. The van der Waals surface area contributed by atoms with Crippen LogP contribution in [-0.2, 0) is 6.42 Å². The van der Waals surface area contributed by atoms with Crippen molar-refractivity contribution in [2.75, 3.05) is 20.8 Å². The average Bonchev–Trinajstić information content (AvgIpc) is 2.53. The molecule has 0 aromatic heterocycles. The number of hydrogen-bond acceptors (Lipinski definition) is 3. The molecule has 0 fully saturated rings. The molecule has 0 spiro atoms. The molecule has 0 amide bonds. The standard InChI is InChI=1S/C17H21NO2.ClH/c1-19-16-9-8-14(11-17(16)20-2)15(12-18)10-13-6-4-3-5-7-13;/h3-9,11,15H,10,12,18H2,1-2H3;1H. The van der Waals surface area contributed by atoms with Crippen LogP contribution in [0.4, 0.5) is 0 Å². The molecular weight excluding hydrogens is 286 g/mol. The molecule has 1 unspecified atom stereocenters. The second kappa shape index (κ2) is 8.55. The Kier molecular flexibility index (Phi) is 7.06. The first-order valence-electron chi connectivity index (χ1n) is 6.74. The third-order valence-electron chi connectivity index (χ3n) is 3.49. The van der Waals surface area contributed by atoms with Gasteiger partial charge < -0.3 is 15.2 Å². The van der Waals surface area contributed by atoms with E-state index in [1.807, 2.05) is 18.2 Å². The van der Waals surface area contributed by atoms with Crippen LogP contribution in [0, 0.1) is 0 Å². The Bertz CT molecular complexity index is 546. The maximum Gasteiger partial charge on any atom is 0.160 e. The van der Waals surface area contributed by atoms with Gasteiger partial charge in [0, 0.05) is 5.92 Å². The summed E-state index contributed by atoms with van der Waals surface area (Å²) in [4.78, 5) is 0. The molecule has 0 bridgehead atoms. The first-order valence-corrected chi connectivity index (χ1v) is 6.74. The molecular formula is C17H22ClNO2. The van der Waals surface area contributed by atoms with E-state index in [0.717, 1.165) is 17.9 Å². The van der Waals surface area contributed by atoms with Crippen LogP contribution in [0.15, 0.2) is 48.5 Å². The van der Waals surface area contributed by atoms with E-state index in [1.54, 1.807) is 14.2 Å². The van der Waals surface area contributed by atoms with E-state index in [1.165, 1.54) is 11.1 Å². The SMILES string of the molecule is COc1ccc(C(CN)Cc2ccccc2)cc1OC.Cl. The number of nitrogens with two attached hydrogens (primary N) is 1. The largest absolute Gasteiger partial charge is 0.493 e. The van der Waals surface area contributed by atoms with E-state index < -0.39 is 0 Å². The second-order valence-corrected chi connectivity index (χ2v) is 4.74. The fourth-order valence-corrected chi connectivity index (χ4v) is 2.34. The maximum atomic E-state index is 5.94. The summed E-state index contributed by atoms with van der Waals surface area (Å²) < 4.78 is 10.6. The number of ether oxygens (including phenoxy) is 2. The van der Waals surface area contributed by atoms with Gasteiger partial charge in [0.15, 0.2) is 11.5 Å². The molecule has 114 valence electrons. The topological polar surface area (TPSA) is 44.5 Å². The van der Waals surface area contributed by atoms with Crippen molar-refractivity contribution in [1.82, 2.24) is 0 Å². The van der Waals surface area contributed by atoms with Crippen molar-refractivity contribution < 1.29 is 9.47 Å². The quantitative estimate of drug-likeness (QED) is 0.889. The Hall–Kier alpha value is -1.71. The zero-order valence-electron chi connectivity index (χ0n) is 12.4. The summed E-state index contributed by atoms with van der Waals surface area (Å²) >= 11 is 0. The van der Waals surface area contributed by atoms with E-state index in [9.17, 15) is 0 Å². The minimum atomic E-state index is 0. The number of halogens is 1. The summed E-state index contributed by atoms with van der Waals surface area (Å²) in [6.07, 6.45) is 0.923. The fourth-order valence-electron chi connectivity index (χ4n) is 2.34. The average molecular weight is 308 g/mol. The van der Waals surface area contributed by atoms with Crippen molar-refractivity contribution in [1.29, 1.82) is 0 Å². The van der Waals surface area contributed by atoms with Crippen molar-refractivity contribution in [3.8, 4) is 11.5 Å². The molecule has 0 aliphatic heterocycles. The second-order valence-electron chi connectivity index (χ2n) is 4.74. The molecule has 21 heavy (non-hydrogen) atoms. The van der Waals surface area contributed by atoms with E-state index in [0.29, 0.717) is 6.54 Å². The molecule has 0 radical (unpaired) electrons. The van der Waals surface area contributed by atoms with Gasteiger partial charge in [0.2, 0.25) is 0 Å². The van der Waals surface area contributed by atoms with Crippen LogP contribution in [0.1, 0.15) is 17.0 Å². The number of hydrogen-bond donors (Lipinski definition) is 1. The summed E-state index contributed by atoms with van der Waals surface area (Å²) in [7, 11) is 3.29. The monoisotopic (exact) mass is 307 g/mol. The zero-order valence-corrected chi connectivity index (χ0v) is 13.2. The molecule has 3 nitrogen and oxygen atoms in total. The summed E-state index contributed by atoms with van der Waals surface area (Å²) in [6.45, 7) is 0.602. The third kappa shape index (κ3) is 4.38. The van der Waals surface area contributed by atoms with Gasteiger partial charge in [-0.25, -0.2) is 0 Å². The number of methoxy groups -OCH3 is 2. The van der Waals surface area contributed by atoms with Crippen LogP contribution < -0.4 is 15.2 Å². The van der Waals surface area contributed by atoms with Crippen LogP contribution in [-0.4, -0.2) is 20.8 Å². The predicted octanol–water partition coefficient (Wildman–Crippen LogP) is 3.41. The van der Waals surface area contributed by atoms with Crippen LogP contribution in [0.2, 0.25) is 0 Å². The molecule has 0 aliphatic carbocycles. The van der Waals surface area contributed by atoms with Crippen molar-refractivity contribution in [3.63, 3.8) is 0 Å². The molecule has 2 rings (SSSR count). The highest BCUT2D eigenvalue weighted by atomic mass is 35.5. The molecule has 0 heterocycles. The van der Waals surface area contributed by atoms with Gasteiger partial charge in [0.25, 0.3) is 0 Å². The first-order chi connectivity index (χ1) is 9.78. The minimum Gasteiger partial charge on any atom is -0.493 e. The Balaban J connectivity index is 0.00000220. The van der Waals surface area contributed by atoms with Crippen LogP contribution in [0.25, 0.3) is 0 Å². The van der Waals surface area contributed by atoms with Crippen molar-refractivity contribution in [2.45, 2.75) is 12.3 Å².